The van der Waals surface area contributed by atoms with Crippen LogP contribution < -0.4 is 9.47 Å². The molecule has 0 heterocycles. The molecule has 3 aromatic carbocycles. The van der Waals surface area contributed by atoms with Gasteiger partial charge in [0.05, 0.1) is 0 Å². The highest BCUT2D eigenvalue weighted by Gasteiger charge is 2.09. The average Bonchev–Trinajstić information content (AvgIpc) is 2.86. The van der Waals surface area contributed by atoms with Crippen LogP contribution in [-0.4, -0.2) is 31.4 Å². The highest BCUT2D eigenvalue weighted by Crippen LogP contribution is 2.34. The van der Waals surface area contributed by atoms with Crippen molar-refractivity contribution >= 4 is 23.7 Å². The van der Waals surface area contributed by atoms with Crippen molar-refractivity contribution in [3.8, 4) is 33.8 Å². The standard InChI is InChI=1S/C29H28O5S/c1-19(2)28(30)33-17-16-32-25-14-15-26(27(18-25)35-5)23-8-6-21(7-9-23)22-10-12-24(13-11-22)34-29(31)20(3)4/h6-15,18H,1,3,16-17H2,2,4-5H3. The van der Waals surface area contributed by atoms with Crippen LogP contribution in [0, 0.1) is 0 Å². The van der Waals surface area contributed by atoms with Crippen molar-refractivity contribution in [2.75, 3.05) is 19.5 Å². The van der Waals surface area contributed by atoms with E-state index in [1.807, 2.05) is 36.6 Å². The molecule has 0 atom stereocenters. The maximum absolute atomic E-state index is 11.7. The molecule has 5 nitrogen and oxygen atoms in total. The van der Waals surface area contributed by atoms with Crippen molar-refractivity contribution < 1.29 is 23.8 Å². The lowest BCUT2D eigenvalue weighted by Gasteiger charge is -2.12. The molecule has 0 saturated heterocycles. The molecule has 0 spiro atoms. The van der Waals surface area contributed by atoms with Gasteiger partial charge in [-0.2, -0.15) is 0 Å². The second kappa shape index (κ2) is 12.1. The molecular formula is C29H28O5S. The fraction of sp³-hybridized carbons (Fsp3) is 0.172. The van der Waals surface area contributed by atoms with Crippen molar-refractivity contribution in [2.45, 2.75) is 18.7 Å². The highest BCUT2D eigenvalue weighted by atomic mass is 32.2. The third-order valence-electron chi connectivity index (χ3n) is 5.05. The third kappa shape index (κ3) is 7.11. The Morgan fingerprint density at radius 2 is 1.29 bits per heavy atom. The zero-order valence-corrected chi connectivity index (χ0v) is 20.9. The van der Waals surface area contributed by atoms with Gasteiger partial charge in [-0.3, -0.25) is 0 Å². The summed E-state index contributed by atoms with van der Waals surface area (Å²) in [5.41, 5.74) is 5.00. The first kappa shape index (κ1) is 25.8. The Morgan fingerprint density at radius 3 is 1.86 bits per heavy atom. The van der Waals surface area contributed by atoms with E-state index in [0.717, 1.165) is 27.1 Å². The highest BCUT2D eigenvalue weighted by molar-refractivity contribution is 7.98. The summed E-state index contributed by atoms with van der Waals surface area (Å²) in [6.45, 7) is 10.8. The molecule has 3 rings (SSSR count). The topological polar surface area (TPSA) is 61.8 Å². The first-order valence-corrected chi connectivity index (χ1v) is 12.2. The van der Waals surface area contributed by atoms with Gasteiger partial charge in [0.2, 0.25) is 0 Å². The summed E-state index contributed by atoms with van der Waals surface area (Å²) in [5, 5.41) is 0. The summed E-state index contributed by atoms with van der Waals surface area (Å²) in [7, 11) is 0. The van der Waals surface area contributed by atoms with E-state index in [-0.39, 0.29) is 13.2 Å². The molecule has 3 aromatic rings. The number of rotatable bonds is 10. The number of ether oxygens (including phenoxy) is 3. The Labute approximate surface area is 210 Å². The van der Waals surface area contributed by atoms with Crippen molar-refractivity contribution in [1.82, 2.24) is 0 Å². The lowest BCUT2D eigenvalue weighted by Crippen LogP contribution is -2.12. The van der Waals surface area contributed by atoms with Gasteiger partial charge in [0.1, 0.15) is 24.7 Å². The zero-order valence-electron chi connectivity index (χ0n) is 20.1. The number of carbonyl (C=O) groups is 2. The predicted molar refractivity (Wildman–Crippen MR) is 141 cm³/mol. The second-order valence-electron chi connectivity index (χ2n) is 7.90. The number of carbonyl (C=O) groups excluding carboxylic acids is 2. The Hall–Kier alpha value is -3.77. The number of thioether (sulfide) groups is 1. The van der Waals surface area contributed by atoms with E-state index in [2.05, 4.69) is 37.4 Å². The summed E-state index contributed by atoms with van der Waals surface area (Å²) >= 11 is 1.64. The molecule has 6 heteroatoms. The number of hydrogen-bond acceptors (Lipinski definition) is 6. The van der Waals surface area contributed by atoms with Gasteiger partial charge < -0.3 is 14.2 Å². The summed E-state index contributed by atoms with van der Waals surface area (Å²) in [6.07, 6.45) is 2.02. The van der Waals surface area contributed by atoms with Gasteiger partial charge in [-0.05, 0) is 72.7 Å². The SMILES string of the molecule is C=C(C)C(=O)OCCOc1ccc(-c2ccc(-c3ccc(OC(=O)C(=C)C)cc3)cc2)c(SC)c1. The third-order valence-corrected chi connectivity index (χ3v) is 5.83. The molecule has 0 N–H and O–H groups in total. The number of esters is 2. The van der Waals surface area contributed by atoms with Crippen molar-refractivity contribution in [3.63, 3.8) is 0 Å². The van der Waals surface area contributed by atoms with Crippen molar-refractivity contribution in [3.05, 3.63) is 91.0 Å². The second-order valence-corrected chi connectivity index (χ2v) is 8.75. The Bertz CT molecular complexity index is 1230. The molecule has 0 aliphatic rings. The van der Waals surface area contributed by atoms with E-state index in [1.165, 1.54) is 0 Å². The van der Waals surface area contributed by atoms with E-state index >= 15 is 0 Å². The van der Waals surface area contributed by atoms with E-state index < -0.39 is 11.9 Å². The molecule has 0 saturated carbocycles. The van der Waals surface area contributed by atoms with E-state index in [1.54, 1.807) is 37.7 Å². The molecule has 0 fully saturated rings. The maximum Gasteiger partial charge on any atom is 0.338 e. The Balaban J connectivity index is 1.67. The van der Waals surface area contributed by atoms with Crippen molar-refractivity contribution in [2.24, 2.45) is 0 Å². The van der Waals surface area contributed by atoms with Crippen LogP contribution >= 0.6 is 11.8 Å². The van der Waals surface area contributed by atoms with E-state index in [9.17, 15) is 9.59 Å². The van der Waals surface area contributed by atoms with Gasteiger partial charge in [0.25, 0.3) is 0 Å². The number of benzene rings is 3. The molecule has 0 bridgehead atoms. The van der Waals surface area contributed by atoms with Gasteiger partial charge >= 0.3 is 11.9 Å². The minimum atomic E-state index is -0.436. The molecule has 0 radical (unpaired) electrons. The van der Waals surface area contributed by atoms with Crippen LogP contribution in [0.5, 0.6) is 11.5 Å². The molecule has 0 aliphatic carbocycles. The molecule has 0 aliphatic heterocycles. The summed E-state index contributed by atoms with van der Waals surface area (Å²) < 4.78 is 16.1. The minimum absolute atomic E-state index is 0.167. The fourth-order valence-corrected chi connectivity index (χ4v) is 3.81. The van der Waals surface area contributed by atoms with Gasteiger partial charge in [0.15, 0.2) is 0 Å². The molecular weight excluding hydrogens is 460 g/mol. The quantitative estimate of drug-likeness (QED) is 0.104. The van der Waals surface area contributed by atoms with Crippen LogP contribution in [0.3, 0.4) is 0 Å². The van der Waals surface area contributed by atoms with Gasteiger partial charge in [-0.1, -0.05) is 49.6 Å². The number of hydrogen-bond donors (Lipinski definition) is 0. The van der Waals surface area contributed by atoms with Gasteiger partial charge in [-0.25, -0.2) is 9.59 Å². The predicted octanol–water partition coefficient (Wildman–Crippen LogP) is 6.72. The molecule has 0 amide bonds. The molecule has 180 valence electrons. The largest absolute Gasteiger partial charge is 0.490 e. The summed E-state index contributed by atoms with van der Waals surface area (Å²) in [4.78, 5) is 24.2. The monoisotopic (exact) mass is 488 g/mol. The molecule has 0 aromatic heterocycles. The first-order valence-electron chi connectivity index (χ1n) is 11.0. The van der Waals surface area contributed by atoms with Crippen LogP contribution in [0.25, 0.3) is 22.3 Å². The maximum atomic E-state index is 11.7. The first-order chi connectivity index (χ1) is 16.8. The van der Waals surface area contributed by atoms with Crippen molar-refractivity contribution in [1.29, 1.82) is 0 Å². The minimum Gasteiger partial charge on any atom is -0.490 e. The van der Waals surface area contributed by atoms with Gasteiger partial charge in [0, 0.05) is 16.0 Å². The normalized spacial score (nSPS) is 10.4. The van der Waals surface area contributed by atoms with E-state index in [0.29, 0.717) is 22.6 Å². The van der Waals surface area contributed by atoms with Gasteiger partial charge in [-0.15, -0.1) is 11.8 Å². The van der Waals surface area contributed by atoms with Crippen LogP contribution in [0.4, 0.5) is 0 Å². The zero-order chi connectivity index (χ0) is 25.4. The fourth-order valence-electron chi connectivity index (χ4n) is 3.17. The molecule has 0 unspecified atom stereocenters. The summed E-state index contributed by atoms with van der Waals surface area (Å²) in [5.74, 6) is 0.349. The lowest BCUT2D eigenvalue weighted by atomic mass is 10.00. The average molecular weight is 489 g/mol. The van der Waals surface area contributed by atoms with E-state index in [4.69, 9.17) is 14.2 Å². The summed E-state index contributed by atoms with van der Waals surface area (Å²) in [6, 6.07) is 21.6. The van der Waals surface area contributed by atoms with Crippen LogP contribution in [0.15, 0.2) is 95.9 Å². The Morgan fingerprint density at radius 1 is 0.743 bits per heavy atom. The lowest BCUT2D eigenvalue weighted by molar-refractivity contribution is -0.139. The smallest absolute Gasteiger partial charge is 0.338 e. The van der Waals surface area contributed by atoms with Crippen LogP contribution in [0.2, 0.25) is 0 Å². The van der Waals surface area contributed by atoms with Crippen LogP contribution in [-0.2, 0) is 14.3 Å². The Kier molecular flexibility index (Phi) is 8.92. The van der Waals surface area contributed by atoms with Crippen LogP contribution in [0.1, 0.15) is 13.8 Å². The molecule has 35 heavy (non-hydrogen) atoms.